The lowest BCUT2D eigenvalue weighted by Gasteiger charge is -2.30. The summed E-state index contributed by atoms with van der Waals surface area (Å²) in [6.07, 6.45) is 0.685. The minimum absolute atomic E-state index is 0.0894. The maximum Gasteiger partial charge on any atom is 0.253 e. The van der Waals surface area contributed by atoms with Crippen molar-refractivity contribution in [2.45, 2.75) is 32.4 Å². The highest BCUT2D eigenvalue weighted by Crippen LogP contribution is 2.06. The standard InChI is InChI=1S/C10H20N2O2/c1-4-8(2)12(3)10(13)9-7-11-5-6-14-9/h8-9,11H,4-7H2,1-3H3. The molecule has 0 spiro atoms. The van der Waals surface area contributed by atoms with Crippen LogP contribution in [0.1, 0.15) is 20.3 Å². The maximum absolute atomic E-state index is 11.9. The Morgan fingerprint density at radius 1 is 1.71 bits per heavy atom. The highest BCUT2D eigenvalue weighted by Gasteiger charge is 2.26. The van der Waals surface area contributed by atoms with Gasteiger partial charge in [0.05, 0.1) is 6.61 Å². The number of nitrogens with zero attached hydrogens (tertiary/aromatic N) is 1. The van der Waals surface area contributed by atoms with Crippen LogP contribution >= 0.6 is 0 Å². The minimum atomic E-state index is -0.289. The van der Waals surface area contributed by atoms with Gasteiger partial charge in [-0.15, -0.1) is 0 Å². The number of likely N-dealkylation sites (N-methyl/N-ethyl adjacent to an activating group) is 1. The summed E-state index contributed by atoms with van der Waals surface area (Å²) >= 11 is 0. The molecule has 1 fully saturated rings. The van der Waals surface area contributed by atoms with E-state index in [-0.39, 0.29) is 18.1 Å². The monoisotopic (exact) mass is 200 g/mol. The number of carbonyl (C=O) groups is 1. The number of hydrogen-bond donors (Lipinski definition) is 1. The van der Waals surface area contributed by atoms with Crippen LogP contribution in [0.15, 0.2) is 0 Å². The van der Waals surface area contributed by atoms with Crippen LogP contribution in [0.2, 0.25) is 0 Å². The molecule has 82 valence electrons. The van der Waals surface area contributed by atoms with E-state index in [0.717, 1.165) is 13.0 Å². The van der Waals surface area contributed by atoms with E-state index in [4.69, 9.17) is 4.74 Å². The Labute approximate surface area is 85.6 Å². The van der Waals surface area contributed by atoms with Gasteiger partial charge in [0.25, 0.3) is 5.91 Å². The second-order valence-corrected chi connectivity index (χ2v) is 3.77. The predicted molar refractivity (Wildman–Crippen MR) is 55.1 cm³/mol. The van der Waals surface area contributed by atoms with Gasteiger partial charge in [0.1, 0.15) is 6.10 Å². The van der Waals surface area contributed by atoms with Gasteiger partial charge < -0.3 is 15.0 Å². The van der Waals surface area contributed by atoms with Crippen LogP contribution in [0.25, 0.3) is 0 Å². The predicted octanol–water partition coefficient (Wildman–Crippen LogP) is 0.232. The summed E-state index contributed by atoms with van der Waals surface area (Å²) in [4.78, 5) is 13.6. The van der Waals surface area contributed by atoms with Crippen LogP contribution in [-0.4, -0.2) is 49.7 Å². The lowest BCUT2D eigenvalue weighted by molar-refractivity contribution is -0.145. The molecule has 0 aliphatic carbocycles. The zero-order valence-corrected chi connectivity index (χ0v) is 9.25. The second kappa shape index (κ2) is 5.32. The second-order valence-electron chi connectivity index (χ2n) is 3.77. The highest BCUT2D eigenvalue weighted by atomic mass is 16.5. The third-order valence-electron chi connectivity index (χ3n) is 2.80. The molecule has 14 heavy (non-hydrogen) atoms. The molecule has 0 aromatic carbocycles. The Balaban J connectivity index is 2.46. The summed E-state index contributed by atoms with van der Waals surface area (Å²) in [6.45, 7) is 6.24. The Bertz CT molecular complexity index is 187. The lowest BCUT2D eigenvalue weighted by Crippen LogP contribution is -2.50. The average molecular weight is 200 g/mol. The van der Waals surface area contributed by atoms with Crippen LogP contribution < -0.4 is 5.32 Å². The number of rotatable bonds is 3. The van der Waals surface area contributed by atoms with E-state index in [1.54, 1.807) is 4.90 Å². The third-order valence-corrected chi connectivity index (χ3v) is 2.80. The van der Waals surface area contributed by atoms with Gasteiger partial charge >= 0.3 is 0 Å². The van der Waals surface area contributed by atoms with Crippen molar-refractivity contribution in [1.82, 2.24) is 10.2 Å². The van der Waals surface area contributed by atoms with Gasteiger partial charge in [0.2, 0.25) is 0 Å². The van der Waals surface area contributed by atoms with Crippen molar-refractivity contribution in [2.75, 3.05) is 26.7 Å². The smallest absolute Gasteiger partial charge is 0.253 e. The topological polar surface area (TPSA) is 41.6 Å². The highest BCUT2D eigenvalue weighted by molar-refractivity contribution is 5.81. The van der Waals surface area contributed by atoms with E-state index < -0.39 is 0 Å². The van der Waals surface area contributed by atoms with Crippen molar-refractivity contribution in [1.29, 1.82) is 0 Å². The molecule has 0 bridgehead atoms. The first-order chi connectivity index (χ1) is 6.66. The summed E-state index contributed by atoms with van der Waals surface area (Å²) < 4.78 is 5.40. The van der Waals surface area contributed by atoms with E-state index in [1.807, 2.05) is 14.0 Å². The summed E-state index contributed by atoms with van der Waals surface area (Å²) in [5.41, 5.74) is 0. The molecule has 1 aliphatic rings. The Kier molecular flexibility index (Phi) is 4.35. The number of morpholine rings is 1. The van der Waals surface area contributed by atoms with Gasteiger partial charge in [0, 0.05) is 26.2 Å². The lowest BCUT2D eigenvalue weighted by atomic mass is 10.2. The van der Waals surface area contributed by atoms with E-state index in [2.05, 4.69) is 12.2 Å². The molecule has 0 aromatic rings. The number of nitrogens with one attached hydrogen (secondary N) is 1. The van der Waals surface area contributed by atoms with Gasteiger partial charge in [-0.2, -0.15) is 0 Å². The summed E-state index contributed by atoms with van der Waals surface area (Å²) in [5, 5.41) is 3.16. The van der Waals surface area contributed by atoms with E-state index in [0.29, 0.717) is 13.2 Å². The summed E-state index contributed by atoms with van der Waals surface area (Å²) in [5.74, 6) is 0.0894. The molecule has 1 aliphatic heterocycles. The fourth-order valence-electron chi connectivity index (χ4n) is 1.44. The third kappa shape index (κ3) is 2.69. The van der Waals surface area contributed by atoms with E-state index in [1.165, 1.54) is 0 Å². The minimum Gasteiger partial charge on any atom is -0.366 e. The van der Waals surface area contributed by atoms with Crippen LogP contribution in [0, 0.1) is 0 Å². The molecule has 2 unspecified atom stereocenters. The normalized spacial score (nSPS) is 24.4. The molecule has 1 saturated heterocycles. The SMILES string of the molecule is CCC(C)N(C)C(=O)C1CNCCO1. The van der Waals surface area contributed by atoms with Crippen molar-refractivity contribution in [3.05, 3.63) is 0 Å². The largest absolute Gasteiger partial charge is 0.366 e. The number of ether oxygens (including phenoxy) is 1. The summed E-state index contributed by atoms with van der Waals surface area (Å²) in [6, 6.07) is 0.285. The molecule has 4 heteroatoms. The molecule has 2 atom stereocenters. The fourth-order valence-corrected chi connectivity index (χ4v) is 1.44. The Morgan fingerprint density at radius 2 is 2.43 bits per heavy atom. The average Bonchev–Trinajstić information content (AvgIpc) is 2.27. The Morgan fingerprint density at radius 3 is 2.93 bits per heavy atom. The summed E-state index contributed by atoms with van der Waals surface area (Å²) in [7, 11) is 1.84. The van der Waals surface area contributed by atoms with Crippen molar-refractivity contribution in [2.24, 2.45) is 0 Å². The van der Waals surface area contributed by atoms with E-state index >= 15 is 0 Å². The van der Waals surface area contributed by atoms with Crippen molar-refractivity contribution >= 4 is 5.91 Å². The molecule has 0 aromatic heterocycles. The zero-order valence-electron chi connectivity index (χ0n) is 9.25. The zero-order chi connectivity index (χ0) is 10.6. The van der Waals surface area contributed by atoms with E-state index in [9.17, 15) is 4.79 Å². The van der Waals surface area contributed by atoms with Crippen molar-refractivity contribution in [3.8, 4) is 0 Å². The molecular formula is C10H20N2O2. The van der Waals surface area contributed by atoms with Gasteiger partial charge in [0.15, 0.2) is 0 Å². The molecule has 1 N–H and O–H groups in total. The molecule has 1 rings (SSSR count). The first-order valence-corrected chi connectivity index (χ1v) is 5.25. The molecule has 1 heterocycles. The van der Waals surface area contributed by atoms with Crippen LogP contribution in [0.5, 0.6) is 0 Å². The first-order valence-electron chi connectivity index (χ1n) is 5.25. The van der Waals surface area contributed by atoms with Crippen molar-refractivity contribution < 1.29 is 9.53 Å². The molecule has 4 nitrogen and oxygen atoms in total. The molecule has 0 radical (unpaired) electrons. The van der Waals surface area contributed by atoms with Crippen molar-refractivity contribution in [3.63, 3.8) is 0 Å². The number of hydrogen-bond acceptors (Lipinski definition) is 3. The molecular weight excluding hydrogens is 180 g/mol. The number of amides is 1. The first kappa shape index (κ1) is 11.5. The quantitative estimate of drug-likeness (QED) is 0.709. The molecule has 1 amide bonds. The van der Waals surface area contributed by atoms with Gasteiger partial charge in [-0.25, -0.2) is 0 Å². The van der Waals surface area contributed by atoms with Gasteiger partial charge in [-0.1, -0.05) is 6.92 Å². The van der Waals surface area contributed by atoms with Crippen LogP contribution in [-0.2, 0) is 9.53 Å². The van der Waals surface area contributed by atoms with Gasteiger partial charge in [-0.3, -0.25) is 4.79 Å². The van der Waals surface area contributed by atoms with Gasteiger partial charge in [-0.05, 0) is 13.3 Å². The van der Waals surface area contributed by atoms with Crippen LogP contribution in [0.3, 0.4) is 0 Å². The number of carbonyl (C=O) groups excluding carboxylic acids is 1. The molecule has 0 saturated carbocycles. The Hall–Kier alpha value is -0.610. The fraction of sp³-hybridized carbons (Fsp3) is 0.900. The maximum atomic E-state index is 11.9. The van der Waals surface area contributed by atoms with Crippen LogP contribution in [0.4, 0.5) is 0 Å².